The third kappa shape index (κ3) is 2.47. The molecule has 1 saturated carbocycles. The van der Waals surface area contributed by atoms with Crippen LogP contribution < -0.4 is 0 Å². The normalized spacial score (nSPS) is 33.2. The van der Waals surface area contributed by atoms with Crippen LogP contribution in [0.3, 0.4) is 0 Å². The van der Waals surface area contributed by atoms with Crippen LogP contribution >= 0.6 is 0 Å². The second kappa shape index (κ2) is 5.62. The molecule has 3 atom stereocenters. The summed E-state index contributed by atoms with van der Waals surface area (Å²) < 4.78 is 6.03. The fourth-order valence-corrected chi connectivity index (χ4v) is 4.63. The van der Waals surface area contributed by atoms with Crippen molar-refractivity contribution < 1.29 is 9.84 Å². The van der Waals surface area contributed by atoms with Gasteiger partial charge in [-0.3, -0.25) is 4.90 Å². The first-order chi connectivity index (χ1) is 10.3. The molecule has 0 spiro atoms. The molecular formula is C18H25NO2. The van der Waals surface area contributed by atoms with E-state index in [9.17, 15) is 5.11 Å². The highest BCUT2D eigenvalue weighted by molar-refractivity contribution is 5.38. The summed E-state index contributed by atoms with van der Waals surface area (Å²) in [5, 5.41) is 9.74. The molecule has 3 nitrogen and oxygen atoms in total. The number of hydrogen-bond donors (Lipinski definition) is 1. The first-order valence-corrected chi connectivity index (χ1v) is 8.52. The number of aromatic hydroxyl groups is 1. The molecule has 3 aliphatic rings. The SMILES string of the molecule is Oc1ccc2c(c1)CCCC2N1CCOC2CCCCC21. The molecule has 114 valence electrons. The Bertz CT molecular complexity index is 514. The van der Waals surface area contributed by atoms with Gasteiger partial charge in [0.1, 0.15) is 5.75 Å². The van der Waals surface area contributed by atoms with Crippen molar-refractivity contribution in [3.8, 4) is 5.75 Å². The first-order valence-electron chi connectivity index (χ1n) is 8.52. The summed E-state index contributed by atoms with van der Waals surface area (Å²) in [6.45, 7) is 1.94. The van der Waals surface area contributed by atoms with E-state index >= 15 is 0 Å². The molecule has 1 saturated heterocycles. The molecule has 0 bridgehead atoms. The number of ether oxygens (including phenoxy) is 1. The fraction of sp³-hybridized carbons (Fsp3) is 0.667. The van der Waals surface area contributed by atoms with E-state index in [4.69, 9.17) is 4.74 Å². The fourth-order valence-electron chi connectivity index (χ4n) is 4.63. The van der Waals surface area contributed by atoms with Crippen LogP contribution in [0.4, 0.5) is 0 Å². The van der Waals surface area contributed by atoms with Crippen molar-refractivity contribution in [3.05, 3.63) is 29.3 Å². The molecule has 3 unspecified atom stereocenters. The molecule has 2 fully saturated rings. The molecule has 21 heavy (non-hydrogen) atoms. The standard InChI is InChI=1S/C18H25NO2/c20-14-8-9-15-13(12-14)4-3-6-16(15)19-10-11-21-18-7-2-1-5-17(18)19/h8-9,12,16-18,20H,1-7,10-11H2. The third-order valence-electron chi connectivity index (χ3n) is 5.58. The van der Waals surface area contributed by atoms with E-state index < -0.39 is 0 Å². The van der Waals surface area contributed by atoms with Crippen LogP contribution in [0, 0.1) is 0 Å². The van der Waals surface area contributed by atoms with Crippen molar-refractivity contribution in [2.45, 2.75) is 63.1 Å². The Kier molecular flexibility index (Phi) is 3.64. The number of morpholine rings is 1. The largest absolute Gasteiger partial charge is 0.508 e. The van der Waals surface area contributed by atoms with E-state index in [0.29, 0.717) is 23.9 Å². The highest BCUT2D eigenvalue weighted by Gasteiger charge is 2.39. The van der Waals surface area contributed by atoms with Gasteiger partial charge in [0.15, 0.2) is 0 Å². The summed E-state index contributed by atoms with van der Waals surface area (Å²) in [6, 6.07) is 7.12. The molecule has 1 aromatic carbocycles. The zero-order valence-electron chi connectivity index (χ0n) is 12.6. The zero-order chi connectivity index (χ0) is 14.2. The zero-order valence-corrected chi connectivity index (χ0v) is 12.6. The average Bonchev–Trinajstić information content (AvgIpc) is 2.53. The minimum absolute atomic E-state index is 0.409. The Labute approximate surface area is 126 Å². The second-order valence-electron chi connectivity index (χ2n) is 6.79. The van der Waals surface area contributed by atoms with Gasteiger partial charge in [0.25, 0.3) is 0 Å². The van der Waals surface area contributed by atoms with Crippen molar-refractivity contribution >= 4 is 0 Å². The van der Waals surface area contributed by atoms with Crippen LogP contribution in [-0.2, 0) is 11.2 Å². The monoisotopic (exact) mass is 287 g/mol. The number of hydrogen-bond acceptors (Lipinski definition) is 3. The number of rotatable bonds is 1. The lowest BCUT2D eigenvalue weighted by molar-refractivity contribution is -0.105. The van der Waals surface area contributed by atoms with Crippen LogP contribution in [0.25, 0.3) is 0 Å². The van der Waals surface area contributed by atoms with E-state index in [1.807, 2.05) is 12.1 Å². The Morgan fingerprint density at radius 1 is 1.10 bits per heavy atom. The summed E-state index contributed by atoms with van der Waals surface area (Å²) in [5.74, 6) is 0.409. The van der Waals surface area contributed by atoms with Crippen molar-refractivity contribution in [1.82, 2.24) is 4.90 Å². The van der Waals surface area contributed by atoms with Crippen molar-refractivity contribution in [2.24, 2.45) is 0 Å². The lowest BCUT2D eigenvalue weighted by Gasteiger charge is -2.48. The van der Waals surface area contributed by atoms with E-state index in [0.717, 1.165) is 19.6 Å². The maximum Gasteiger partial charge on any atom is 0.115 e. The first kappa shape index (κ1) is 13.6. The number of nitrogens with zero attached hydrogens (tertiary/aromatic N) is 1. The summed E-state index contributed by atoms with van der Waals surface area (Å²) in [4.78, 5) is 2.72. The van der Waals surface area contributed by atoms with Gasteiger partial charge in [-0.25, -0.2) is 0 Å². The molecule has 4 rings (SSSR count). The maximum atomic E-state index is 9.74. The number of benzene rings is 1. The van der Waals surface area contributed by atoms with E-state index in [-0.39, 0.29) is 0 Å². The Morgan fingerprint density at radius 3 is 2.95 bits per heavy atom. The van der Waals surface area contributed by atoms with Gasteiger partial charge < -0.3 is 9.84 Å². The quantitative estimate of drug-likeness (QED) is 0.859. The predicted molar refractivity (Wildman–Crippen MR) is 82.5 cm³/mol. The van der Waals surface area contributed by atoms with Gasteiger partial charge in [-0.15, -0.1) is 0 Å². The third-order valence-corrected chi connectivity index (χ3v) is 5.58. The van der Waals surface area contributed by atoms with Gasteiger partial charge >= 0.3 is 0 Å². The lowest BCUT2D eigenvalue weighted by Crippen LogP contribution is -2.54. The van der Waals surface area contributed by atoms with Crippen LogP contribution in [0.2, 0.25) is 0 Å². The van der Waals surface area contributed by atoms with Gasteiger partial charge in [0.05, 0.1) is 12.7 Å². The van der Waals surface area contributed by atoms with Crippen molar-refractivity contribution in [3.63, 3.8) is 0 Å². The predicted octanol–water partition coefficient (Wildman–Crippen LogP) is 3.41. The molecule has 0 aromatic heterocycles. The second-order valence-corrected chi connectivity index (χ2v) is 6.79. The summed E-state index contributed by atoms with van der Waals surface area (Å²) in [5.41, 5.74) is 2.80. The average molecular weight is 287 g/mol. The molecule has 2 aliphatic carbocycles. The molecule has 3 heteroatoms. The van der Waals surface area contributed by atoms with Gasteiger partial charge in [-0.1, -0.05) is 18.9 Å². The minimum atomic E-state index is 0.409. The maximum absolute atomic E-state index is 9.74. The molecule has 1 aromatic rings. The van der Waals surface area contributed by atoms with E-state index in [1.165, 1.54) is 49.7 Å². The summed E-state index contributed by atoms with van der Waals surface area (Å²) in [6.07, 6.45) is 9.23. The smallest absolute Gasteiger partial charge is 0.115 e. The van der Waals surface area contributed by atoms with E-state index in [1.54, 1.807) is 0 Å². The molecule has 0 radical (unpaired) electrons. The lowest BCUT2D eigenvalue weighted by atomic mass is 9.83. The summed E-state index contributed by atoms with van der Waals surface area (Å²) >= 11 is 0. The molecule has 1 N–H and O–H groups in total. The highest BCUT2D eigenvalue weighted by Crippen LogP contribution is 2.40. The molecule has 0 amide bonds. The van der Waals surface area contributed by atoms with Crippen molar-refractivity contribution in [2.75, 3.05) is 13.2 Å². The van der Waals surface area contributed by atoms with Crippen LogP contribution in [0.1, 0.15) is 55.7 Å². The van der Waals surface area contributed by atoms with Gasteiger partial charge in [-0.05, 0) is 55.4 Å². The van der Waals surface area contributed by atoms with E-state index in [2.05, 4.69) is 11.0 Å². The number of fused-ring (bicyclic) bond motifs is 2. The van der Waals surface area contributed by atoms with Crippen LogP contribution in [0.5, 0.6) is 5.75 Å². The molecule has 1 aliphatic heterocycles. The van der Waals surface area contributed by atoms with Gasteiger partial charge in [-0.2, -0.15) is 0 Å². The minimum Gasteiger partial charge on any atom is -0.508 e. The van der Waals surface area contributed by atoms with Crippen LogP contribution in [0.15, 0.2) is 18.2 Å². The number of aryl methyl sites for hydroxylation is 1. The topological polar surface area (TPSA) is 32.7 Å². The highest BCUT2D eigenvalue weighted by atomic mass is 16.5. The van der Waals surface area contributed by atoms with Crippen molar-refractivity contribution in [1.29, 1.82) is 0 Å². The van der Waals surface area contributed by atoms with Crippen LogP contribution in [-0.4, -0.2) is 35.3 Å². The number of phenolic OH excluding ortho intramolecular Hbond substituents is 1. The van der Waals surface area contributed by atoms with Gasteiger partial charge in [0, 0.05) is 18.6 Å². The molecule has 1 heterocycles. The Morgan fingerprint density at radius 2 is 2.00 bits per heavy atom. The number of phenols is 1. The Hall–Kier alpha value is -1.06. The Balaban J connectivity index is 1.64. The summed E-state index contributed by atoms with van der Waals surface area (Å²) in [7, 11) is 0. The van der Waals surface area contributed by atoms with Gasteiger partial charge in [0.2, 0.25) is 0 Å². The molecular weight excluding hydrogens is 262 g/mol.